The maximum atomic E-state index is 12.7. The van der Waals surface area contributed by atoms with Crippen molar-refractivity contribution >= 4 is 35.8 Å². The Labute approximate surface area is 140 Å². The zero-order valence-electron chi connectivity index (χ0n) is 12.0. The predicted octanol–water partition coefficient (Wildman–Crippen LogP) is 1.51. The number of nitrogens with zero attached hydrogens (tertiary/aromatic N) is 1. The van der Waals surface area contributed by atoms with E-state index in [1.165, 1.54) is 0 Å². The SMILES string of the molecule is Cl.O=C1CC[C@H](C(=O)N2CCNCC2c2cccc(Cl)c2)N1. The van der Waals surface area contributed by atoms with Crippen molar-refractivity contribution in [3.8, 4) is 0 Å². The lowest BCUT2D eigenvalue weighted by atomic mass is 10.0. The molecule has 0 aliphatic carbocycles. The molecule has 2 saturated heterocycles. The minimum absolute atomic E-state index is 0. The van der Waals surface area contributed by atoms with Gasteiger partial charge in [0.1, 0.15) is 6.04 Å². The summed E-state index contributed by atoms with van der Waals surface area (Å²) in [6.07, 6.45) is 1.02. The van der Waals surface area contributed by atoms with Crippen LogP contribution < -0.4 is 10.6 Å². The van der Waals surface area contributed by atoms with E-state index in [9.17, 15) is 9.59 Å². The van der Waals surface area contributed by atoms with Crippen LogP contribution in [0.25, 0.3) is 0 Å². The summed E-state index contributed by atoms with van der Waals surface area (Å²) in [6.45, 7) is 2.11. The molecule has 2 amide bonds. The molecule has 2 heterocycles. The van der Waals surface area contributed by atoms with Crippen LogP contribution >= 0.6 is 24.0 Å². The minimum atomic E-state index is -0.378. The van der Waals surface area contributed by atoms with Crippen molar-refractivity contribution in [2.45, 2.75) is 24.9 Å². The number of piperazine rings is 1. The van der Waals surface area contributed by atoms with E-state index in [1.807, 2.05) is 29.2 Å². The van der Waals surface area contributed by atoms with Crippen molar-refractivity contribution in [3.05, 3.63) is 34.9 Å². The Morgan fingerprint density at radius 2 is 2.18 bits per heavy atom. The third-order valence-electron chi connectivity index (χ3n) is 4.05. The second-order valence-corrected chi connectivity index (χ2v) is 5.90. The smallest absolute Gasteiger partial charge is 0.245 e. The van der Waals surface area contributed by atoms with E-state index in [-0.39, 0.29) is 36.3 Å². The van der Waals surface area contributed by atoms with Gasteiger partial charge in [0.2, 0.25) is 11.8 Å². The normalized spacial score (nSPS) is 24.6. The van der Waals surface area contributed by atoms with Gasteiger partial charge >= 0.3 is 0 Å². The van der Waals surface area contributed by atoms with E-state index in [0.717, 1.165) is 12.1 Å². The topological polar surface area (TPSA) is 61.4 Å². The quantitative estimate of drug-likeness (QED) is 0.855. The summed E-state index contributed by atoms with van der Waals surface area (Å²) < 4.78 is 0. The highest BCUT2D eigenvalue weighted by atomic mass is 35.5. The van der Waals surface area contributed by atoms with E-state index in [1.54, 1.807) is 0 Å². The first-order valence-electron chi connectivity index (χ1n) is 7.21. The fourth-order valence-corrected chi connectivity index (χ4v) is 3.18. The molecule has 0 spiro atoms. The van der Waals surface area contributed by atoms with E-state index < -0.39 is 0 Å². The third kappa shape index (κ3) is 3.54. The number of benzene rings is 1. The lowest BCUT2D eigenvalue weighted by Crippen LogP contribution is -2.53. The first-order valence-corrected chi connectivity index (χ1v) is 7.59. The fraction of sp³-hybridized carbons (Fsp3) is 0.467. The number of rotatable bonds is 2. The highest BCUT2D eigenvalue weighted by molar-refractivity contribution is 6.30. The lowest BCUT2D eigenvalue weighted by Gasteiger charge is -2.38. The van der Waals surface area contributed by atoms with E-state index >= 15 is 0 Å². The van der Waals surface area contributed by atoms with Gasteiger partial charge in [0, 0.05) is 31.1 Å². The van der Waals surface area contributed by atoms with Crippen LogP contribution in [0.1, 0.15) is 24.4 Å². The highest BCUT2D eigenvalue weighted by Gasteiger charge is 2.35. The molecule has 0 saturated carbocycles. The van der Waals surface area contributed by atoms with E-state index in [0.29, 0.717) is 31.0 Å². The van der Waals surface area contributed by atoms with Gasteiger partial charge in [0.05, 0.1) is 6.04 Å². The number of nitrogens with one attached hydrogen (secondary N) is 2. The first-order chi connectivity index (χ1) is 10.1. The van der Waals surface area contributed by atoms with E-state index in [4.69, 9.17) is 11.6 Å². The number of carbonyl (C=O) groups is 2. The summed E-state index contributed by atoms with van der Waals surface area (Å²) in [7, 11) is 0. The van der Waals surface area contributed by atoms with Crippen molar-refractivity contribution in [3.63, 3.8) is 0 Å². The molecule has 0 bridgehead atoms. The van der Waals surface area contributed by atoms with Crippen LogP contribution in [0.3, 0.4) is 0 Å². The summed E-state index contributed by atoms with van der Waals surface area (Å²) in [5.74, 6) is -0.0323. The van der Waals surface area contributed by atoms with Crippen molar-refractivity contribution in [1.29, 1.82) is 0 Å². The second-order valence-electron chi connectivity index (χ2n) is 5.47. The largest absolute Gasteiger partial charge is 0.344 e. The van der Waals surface area contributed by atoms with Crippen LogP contribution in [-0.4, -0.2) is 42.4 Å². The molecule has 2 atom stereocenters. The molecule has 2 N–H and O–H groups in total. The second kappa shape index (κ2) is 7.31. The lowest BCUT2D eigenvalue weighted by molar-refractivity contribution is -0.137. The number of hydrogen-bond acceptors (Lipinski definition) is 3. The average molecular weight is 344 g/mol. The van der Waals surface area contributed by atoms with Gasteiger partial charge in [-0.05, 0) is 24.1 Å². The molecule has 0 aromatic heterocycles. The molecule has 2 aliphatic rings. The Kier molecular flexibility index (Phi) is 5.67. The number of halogens is 2. The molecule has 2 aliphatic heterocycles. The molecular formula is C15H19Cl2N3O2. The van der Waals surface area contributed by atoms with Gasteiger partial charge in [-0.2, -0.15) is 0 Å². The molecule has 1 unspecified atom stereocenters. The Morgan fingerprint density at radius 3 is 2.86 bits per heavy atom. The van der Waals surface area contributed by atoms with Crippen molar-refractivity contribution in [2.24, 2.45) is 0 Å². The number of amides is 2. The van der Waals surface area contributed by atoms with Crippen LogP contribution in [0, 0.1) is 0 Å². The standard InChI is InChI=1S/C15H18ClN3O2.ClH/c16-11-3-1-2-10(8-11)13-9-17-6-7-19(13)15(21)12-4-5-14(20)18-12;/h1-3,8,12-13,17H,4-7,9H2,(H,18,20);1H/t12-,13?;/m1./s1. The summed E-state index contributed by atoms with van der Waals surface area (Å²) in [5, 5.41) is 6.74. The molecule has 5 nitrogen and oxygen atoms in total. The number of carbonyl (C=O) groups excluding carboxylic acids is 2. The minimum Gasteiger partial charge on any atom is -0.344 e. The van der Waals surface area contributed by atoms with Gasteiger partial charge in [0.15, 0.2) is 0 Å². The Bertz CT molecular complexity index is 567. The van der Waals surface area contributed by atoms with Crippen molar-refractivity contribution in [2.75, 3.05) is 19.6 Å². The molecule has 22 heavy (non-hydrogen) atoms. The van der Waals surface area contributed by atoms with Gasteiger partial charge in [-0.1, -0.05) is 23.7 Å². The molecule has 2 fully saturated rings. The fourth-order valence-electron chi connectivity index (χ4n) is 2.98. The summed E-state index contributed by atoms with van der Waals surface area (Å²) in [4.78, 5) is 25.8. The molecule has 1 aromatic carbocycles. The third-order valence-corrected chi connectivity index (χ3v) is 4.29. The van der Waals surface area contributed by atoms with Crippen LogP contribution in [0.4, 0.5) is 0 Å². The first kappa shape index (κ1) is 17.1. The summed E-state index contributed by atoms with van der Waals surface area (Å²) in [6, 6.07) is 7.18. The molecule has 7 heteroatoms. The van der Waals surface area contributed by atoms with Crippen molar-refractivity contribution in [1.82, 2.24) is 15.5 Å². The van der Waals surface area contributed by atoms with Crippen molar-refractivity contribution < 1.29 is 9.59 Å². The Morgan fingerprint density at radius 1 is 1.36 bits per heavy atom. The van der Waals surface area contributed by atoms with Crippen LogP contribution in [0.2, 0.25) is 5.02 Å². The van der Waals surface area contributed by atoms with Gasteiger partial charge in [-0.15, -0.1) is 12.4 Å². The van der Waals surface area contributed by atoms with E-state index in [2.05, 4.69) is 10.6 Å². The average Bonchev–Trinajstić information content (AvgIpc) is 2.93. The number of hydrogen-bond donors (Lipinski definition) is 2. The van der Waals surface area contributed by atoms with Crippen LogP contribution in [0.15, 0.2) is 24.3 Å². The Hall–Kier alpha value is -1.30. The van der Waals surface area contributed by atoms with Gasteiger partial charge in [-0.25, -0.2) is 0 Å². The zero-order chi connectivity index (χ0) is 14.8. The zero-order valence-corrected chi connectivity index (χ0v) is 13.6. The highest BCUT2D eigenvalue weighted by Crippen LogP contribution is 2.26. The maximum absolute atomic E-state index is 12.7. The molecule has 120 valence electrons. The maximum Gasteiger partial charge on any atom is 0.245 e. The van der Waals surface area contributed by atoms with Crippen LogP contribution in [0.5, 0.6) is 0 Å². The monoisotopic (exact) mass is 343 g/mol. The summed E-state index contributed by atoms with van der Waals surface area (Å²) in [5.41, 5.74) is 1.02. The van der Waals surface area contributed by atoms with Gasteiger partial charge in [0.25, 0.3) is 0 Å². The van der Waals surface area contributed by atoms with Gasteiger partial charge in [-0.3, -0.25) is 9.59 Å². The summed E-state index contributed by atoms with van der Waals surface area (Å²) >= 11 is 6.06. The molecular weight excluding hydrogens is 325 g/mol. The van der Waals surface area contributed by atoms with Crippen LogP contribution in [-0.2, 0) is 9.59 Å². The molecule has 3 rings (SSSR count). The molecule has 0 radical (unpaired) electrons. The Balaban J connectivity index is 0.00000176. The predicted molar refractivity (Wildman–Crippen MR) is 87.2 cm³/mol. The molecule has 1 aromatic rings. The van der Waals surface area contributed by atoms with Gasteiger partial charge < -0.3 is 15.5 Å².